The molecule has 3 amide bonds. The van der Waals surface area contributed by atoms with Gasteiger partial charge in [-0.05, 0) is 49.6 Å². The summed E-state index contributed by atoms with van der Waals surface area (Å²) in [5.74, 6) is -0.00768. The van der Waals surface area contributed by atoms with Gasteiger partial charge in [0.05, 0.1) is 0 Å². The Morgan fingerprint density at radius 3 is 2.67 bits per heavy atom. The van der Waals surface area contributed by atoms with Crippen LogP contribution in [0.15, 0.2) is 48.5 Å². The second-order valence-electron chi connectivity index (χ2n) is 5.75. The van der Waals surface area contributed by atoms with Gasteiger partial charge in [0.1, 0.15) is 0 Å². The van der Waals surface area contributed by atoms with Gasteiger partial charge < -0.3 is 15.5 Å². The maximum Gasteiger partial charge on any atom is 0.319 e. The molecule has 2 N–H and O–H groups in total. The third-order valence-electron chi connectivity index (χ3n) is 4.07. The van der Waals surface area contributed by atoms with Crippen molar-refractivity contribution < 1.29 is 9.59 Å². The third kappa shape index (κ3) is 3.40. The molecular weight excluding hydrogens is 302 g/mol. The van der Waals surface area contributed by atoms with Crippen LogP contribution in [-0.4, -0.2) is 25.0 Å². The smallest absolute Gasteiger partial charge is 0.319 e. The summed E-state index contributed by atoms with van der Waals surface area (Å²) in [6, 6.07) is 14.8. The zero-order valence-corrected chi connectivity index (χ0v) is 13.7. The molecule has 2 aromatic carbocycles. The molecule has 0 atom stereocenters. The Labute approximate surface area is 141 Å². The number of nitrogens with one attached hydrogen (secondary N) is 2. The van der Waals surface area contributed by atoms with Crippen molar-refractivity contribution in [2.45, 2.75) is 19.8 Å². The molecule has 3 rings (SSSR count). The molecule has 2 aromatic rings. The highest BCUT2D eigenvalue weighted by atomic mass is 16.2. The molecular formula is C19H21N3O2. The summed E-state index contributed by atoms with van der Waals surface area (Å²) in [5, 5.41) is 5.51. The van der Waals surface area contributed by atoms with Gasteiger partial charge in [-0.25, -0.2) is 4.79 Å². The van der Waals surface area contributed by atoms with Gasteiger partial charge in [0.15, 0.2) is 0 Å². The van der Waals surface area contributed by atoms with Crippen LogP contribution in [0.3, 0.4) is 0 Å². The molecule has 0 spiro atoms. The first-order valence-corrected chi connectivity index (χ1v) is 8.23. The summed E-state index contributed by atoms with van der Waals surface area (Å²) in [4.78, 5) is 26.3. The number of amides is 3. The van der Waals surface area contributed by atoms with Gasteiger partial charge in [0, 0.05) is 30.0 Å². The molecule has 1 heterocycles. The number of aryl methyl sites for hydroxylation is 1. The van der Waals surface area contributed by atoms with Crippen molar-refractivity contribution in [2.24, 2.45) is 0 Å². The summed E-state index contributed by atoms with van der Waals surface area (Å²) in [5.41, 5.74) is 3.37. The summed E-state index contributed by atoms with van der Waals surface area (Å²) in [7, 11) is 0. The quantitative estimate of drug-likeness (QED) is 0.909. The highest BCUT2D eigenvalue weighted by molar-refractivity contribution is 6.07. The van der Waals surface area contributed by atoms with E-state index in [1.165, 1.54) is 0 Å². The minimum absolute atomic E-state index is 0.00768. The van der Waals surface area contributed by atoms with Crippen LogP contribution in [0.2, 0.25) is 0 Å². The van der Waals surface area contributed by atoms with Crippen LogP contribution in [0, 0.1) is 0 Å². The average molecular weight is 323 g/mol. The number of urea groups is 1. The Morgan fingerprint density at radius 2 is 1.92 bits per heavy atom. The number of rotatable bonds is 3. The first-order chi connectivity index (χ1) is 11.7. The van der Waals surface area contributed by atoms with Gasteiger partial charge in [-0.2, -0.15) is 0 Å². The molecule has 24 heavy (non-hydrogen) atoms. The fourth-order valence-corrected chi connectivity index (χ4v) is 2.94. The van der Waals surface area contributed by atoms with E-state index >= 15 is 0 Å². The van der Waals surface area contributed by atoms with Crippen molar-refractivity contribution in [2.75, 3.05) is 23.3 Å². The largest absolute Gasteiger partial charge is 0.338 e. The third-order valence-corrected chi connectivity index (χ3v) is 4.07. The lowest BCUT2D eigenvalue weighted by molar-refractivity contribution is 0.0985. The Kier molecular flexibility index (Phi) is 4.79. The summed E-state index contributed by atoms with van der Waals surface area (Å²) < 4.78 is 0. The molecule has 5 heteroatoms. The van der Waals surface area contributed by atoms with Gasteiger partial charge in [0.2, 0.25) is 0 Å². The lowest BCUT2D eigenvalue weighted by atomic mass is 10.00. The van der Waals surface area contributed by atoms with Crippen molar-refractivity contribution in [3.63, 3.8) is 0 Å². The zero-order valence-electron chi connectivity index (χ0n) is 13.7. The fraction of sp³-hybridized carbons (Fsp3) is 0.263. The van der Waals surface area contributed by atoms with Crippen LogP contribution in [-0.2, 0) is 6.42 Å². The molecule has 5 nitrogen and oxygen atoms in total. The molecule has 0 saturated heterocycles. The molecule has 0 bridgehead atoms. The molecule has 124 valence electrons. The lowest BCUT2D eigenvalue weighted by Crippen LogP contribution is -2.35. The van der Waals surface area contributed by atoms with Gasteiger partial charge in [0.25, 0.3) is 5.91 Å². The molecule has 0 unspecified atom stereocenters. The van der Waals surface area contributed by atoms with E-state index in [4.69, 9.17) is 0 Å². The number of anilines is 2. The van der Waals surface area contributed by atoms with E-state index in [0.717, 1.165) is 24.1 Å². The van der Waals surface area contributed by atoms with E-state index in [-0.39, 0.29) is 11.9 Å². The lowest BCUT2D eigenvalue weighted by Gasteiger charge is -2.30. The van der Waals surface area contributed by atoms with Crippen molar-refractivity contribution in [3.05, 3.63) is 59.7 Å². The highest BCUT2D eigenvalue weighted by Crippen LogP contribution is 2.31. The van der Waals surface area contributed by atoms with E-state index < -0.39 is 0 Å². The first kappa shape index (κ1) is 16.1. The van der Waals surface area contributed by atoms with Gasteiger partial charge in [-0.3, -0.25) is 4.79 Å². The predicted octanol–water partition coefficient (Wildman–Crippen LogP) is 3.42. The Bertz CT molecular complexity index is 744. The molecule has 0 saturated carbocycles. The SMILES string of the molecule is CCNC(=O)Nc1ccc2c(c1)N(C(=O)c1ccccc1)CCC2. The second kappa shape index (κ2) is 7.17. The van der Waals surface area contributed by atoms with Gasteiger partial charge in [-0.15, -0.1) is 0 Å². The van der Waals surface area contributed by atoms with Crippen molar-refractivity contribution >= 4 is 23.3 Å². The standard InChI is InChI=1S/C19H21N3O2/c1-2-20-19(24)21-16-11-10-14-9-6-12-22(17(14)13-16)18(23)15-7-4-3-5-8-15/h3-5,7-8,10-11,13H,2,6,9,12H2,1H3,(H2,20,21,24). The van der Waals surface area contributed by atoms with Crippen molar-refractivity contribution in [1.29, 1.82) is 0 Å². The van der Waals surface area contributed by atoms with Crippen molar-refractivity contribution in [1.82, 2.24) is 5.32 Å². The number of hydrogen-bond acceptors (Lipinski definition) is 2. The van der Waals surface area contributed by atoms with Gasteiger partial charge in [-0.1, -0.05) is 24.3 Å². The topological polar surface area (TPSA) is 61.4 Å². The van der Waals surface area contributed by atoms with Crippen LogP contribution < -0.4 is 15.5 Å². The van der Waals surface area contributed by atoms with Crippen LogP contribution in [0.4, 0.5) is 16.2 Å². The minimum atomic E-state index is -0.241. The maximum atomic E-state index is 12.8. The summed E-state index contributed by atoms with van der Waals surface area (Å²) >= 11 is 0. The molecule has 0 fully saturated rings. The normalized spacial score (nSPS) is 13.1. The van der Waals surface area contributed by atoms with Crippen LogP contribution >= 0.6 is 0 Å². The first-order valence-electron chi connectivity index (χ1n) is 8.23. The summed E-state index contributed by atoms with van der Waals surface area (Å²) in [6.07, 6.45) is 1.88. The number of benzene rings is 2. The Hall–Kier alpha value is -2.82. The number of carbonyl (C=O) groups is 2. The van der Waals surface area contributed by atoms with Crippen molar-refractivity contribution in [3.8, 4) is 0 Å². The molecule has 0 aliphatic carbocycles. The molecule has 1 aliphatic heterocycles. The predicted molar refractivity (Wildman–Crippen MR) is 95.6 cm³/mol. The number of nitrogens with zero attached hydrogens (tertiary/aromatic N) is 1. The van der Waals surface area contributed by atoms with Crippen LogP contribution in [0.5, 0.6) is 0 Å². The minimum Gasteiger partial charge on any atom is -0.338 e. The van der Waals surface area contributed by atoms with E-state index in [1.807, 2.05) is 55.5 Å². The van der Waals surface area contributed by atoms with E-state index in [1.54, 1.807) is 4.90 Å². The van der Waals surface area contributed by atoms with Gasteiger partial charge >= 0.3 is 6.03 Å². The second-order valence-corrected chi connectivity index (χ2v) is 5.75. The zero-order chi connectivity index (χ0) is 16.9. The van der Waals surface area contributed by atoms with E-state index in [2.05, 4.69) is 10.6 Å². The number of fused-ring (bicyclic) bond motifs is 1. The Morgan fingerprint density at radius 1 is 1.12 bits per heavy atom. The molecule has 0 aromatic heterocycles. The average Bonchev–Trinajstić information content (AvgIpc) is 2.61. The Balaban J connectivity index is 1.88. The number of hydrogen-bond donors (Lipinski definition) is 2. The maximum absolute atomic E-state index is 12.8. The van der Waals surface area contributed by atoms with Crippen LogP contribution in [0.25, 0.3) is 0 Å². The van der Waals surface area contributed by atoms with E-state index in [0.29, 0.717) is 24.3 Å². The number of carbonyl (C=O) groups excluding carboxylic acids is 2. The summed E-state index contributed by atoms with van der Waals surface area (Å²) in [6.45, 7) is 3.12. The van der Waals surface area contributed by atoms with E-state index in [9.17, 15) is 9.59 Å². The molecule has 0 radical (unpaired) electrons. The fourth-order valence-electron chi connectivity index (χ4n) is 2.94. The highest BCUT2D eigenvalue weighted by Gasteiger charge is 2.24. The van der Waals surface area contributed by atoms with Crippen LogP contribution in [0.1, 0.15) is 29.3 Å². The molecule has 1 aliphatic rings. The monoisotopic (exact) mass is 323 g/mol.